The number of hydrogen-bond donors (Lipinski definition) is 3. The molecule has 0 fully saturated rings. The number of ether oxygens (including phenoxy) is 1. The maximum absolute atomic E-state index is 11.9. The fourth-order valence-corrected chi connectivity index (χ4v) is 1.31. The second-order valence-corrected chi connectivity index (χ2v) is 3.28. The monoisotopic (exact) mass is 266 g/mol. The van der Waals surface area contributed by atoms with Crippen LogP contribution in [0.15, 0.2) is 10.9 Å². The molecule has 0 bridgehead atoms. The van der Waals surface area contributed by atoms with E-state index in [0.29, 0.717) is 6.07 Å². The predicted molar refractivity (Wildman–Crippen MR) is 53.0 cm³/mol. The van der Waals surface area contributed by atoms with Gasteiger partial charge in [-0.3, -0.25) is 9.59 Å². The van der Waals surface area contributed by atoms with Crippen molar-refractivity contribution in [1.29, 1.82) is 0 Å². The molecule has 1 aromatic heterocycles. The number of aromatic amines is 1. The highest BCUT2D eigenvalue weighted by Crippen LogP contribution is 2.20. The molecular weight excluding hydrogens is 257 g/mol. The molecular formula is C9H9F3N2O4. The van der Waals surface area contributed by atoms with E-state index in [2.05, 4.69) is 9.72 Å². The minimum absolute atomic E-state index is 0.107. The van der Waals surface area contributed by atoms with Crippen LogP contribution in [-0.2, 0) is 17.8 Å². The average Bonchev–Trinajstić information content (AvgIpc) is 2.18. The highest BCUT2D eigenvalue weighted by Gasteiger charge is 2.32. The summed E-state index contributed by atoms with van der Waals surface area (Å²) in [7, 11) is 0. The SMILES string of the molecule is NCc1[nH]c(OC(F)(F)F)cc(=O)c1CC(=O)O. The number of aromatic nitrogens is 1. The maximum atomic E-state index is 11.9. The first kappa shape index (κ1) is 14.0. The minimum atomic E-state index is -4.96. The largest absolute Gasteiger partial charge is 0.574 e. The highest BCUT2D eigenvalue weighted by atomic mass is 19.4. The van der Waals surface area contributed by atoms with Crippen LogP contribution in [0.3, 0.4) is 0 Å². The lowest BCUT2D eigenvalue weighted by molar-refractivity contribution is -0.276. The number of hydrogen-bond acceptors (Lipinski definition) is 4. The number of pyridine rings is 1. The van der Waals surface area contributed by atoms with Gasteiger partial charge in [-0.15, -0.1) is 13.2 Å². The van der Waals surface area contributed by atoms with E-state index in [4.69, 9.17) is 10.8 Å². The van der Waals surface area contributed by atoms with Gasteiger partial charge in [-0.25, -0.2) is 0 Å². The molecule has 0 aliphatic rings. The van der Waals surface area contributed by atoms with Gasteiger partial charge in [0, 0.05) is 23.9 Å². The second-order valence-electron chi connectivity index (χ2n) is 3.28. The van der Waals surface area contributed by atoms with Crippen molar-refractivity contribution in [1.82, 2.24) is 4.98 Å². The molecule has 0 aliphatic carbocycles. The van der Waals surface area contributed by atoms with E-state index in [-0.39, 0.29) is 17.8 Å². The van der Waals surface area contributed by atoms with E-state index in [1.807, 2.05) is 0 Å². The molecule has 18 heavy (non-hydrogen) atoms. The normalized spacial score (nSPS) is 11.3. The molecule has 0 saturated heterocycles. The summed E-state index contributed by atoms with van der Waals surface area (Å²) in [4.78, 5) is 24.1. The fraction of sp³-hybridized carbons (Fsp3) is 0.333. The summed E-state index contributed by atoms with van der Waals surface area (Å²) in [6.45, 7) is -0.313. The lowest BCUT2D eigenvalue weighted by Crippen LogP contribution is -2.23. The lowest BCUT2D eigenvalue weighted by Gasteiger charge is -2.11. The van der Waals surface area contributed by atoms with Crippen LogP contribution in [0.2, 0.25) is 0 Å². The number of aliphatic carboxylic acids is 1. The molecule has 1 aromatic rings. The molecule has 9 heteroatoms. The molecule has 0 atom stereocenters. The van der Waals surface area contributed by atoms with Gasteiger partial charge in [-0.2, -0.15) is 0 Å². The number of carbonyl (C=O) groups is 1. The summed E-state index contributed by atoms with van der Waals surface area (Å²) >= 11 is 0. The number of halogens is 3. The Labute approximate surface area is 98.2 Å². The Balaban J connectivity index is 3.19. The van der Waals surface area contributed by atoms with Gasteiger partial charge in [-0.05, 0) is 0 Å². The lowest BCUT2D eigenvalue weighted by atomic mass is 10.1. The minimum Gasteiger partial charge on any atom is -0.481 e. The summed E-state index contributed by atoms with van der Waals surface area (Å²) in [5.41, 5.74) is 4.05. The third-order valence-electron chi connectivity index (χ3n) is 1.96. The molecule has 4 N–H and O–H groups in total. The zero-order valence-electron chi connectivity index (χ0n) is 8.87. The van der Waals surface area contributed by atoms with Crippen LogP contribution >= 0.6 is 0 Å². The van der Waals surface area contributed by atoms with Gasteiger partial charge in [0.15, 0.2) is 5.43 Å². The number of rotatable bonds is 4. The Morgan fingerprint density at radius 3 is 2.56 bits per heavy atom. The molecule has 0 aromatic carbocycles. The van der Waals surface area contributed by atoms with Crippen molar-refractivity contribution in [3.8, 4) is 5.88 Å². The predicted octanol–water partition coefficient (Wildman–Crippen LogP) is 0.359. The quantitative estimate of drug-likeness (QED) is 0.729. The van der Waals surface area contributed by atoms with E-state index in [1.54, 1.807) is 0 Å². The van der Waals surface area contributed by atoms with Crippen LogP contribution in [0.25, 0.3) is 0 Å². The van der Waals surface area contributed by atoms with Crippen LogP contribution in [0.4, 0.5) is 13.2 Å². The van der Waals surface area contributed by atoms with Crippen LogP contribution in [-0.4, -0.2) is 22.4 Å². The zero-order valence-corrected chi connectivity index (χ0v) is 8.87. The second kappa shape index (κ2) is 5.08. The summed E-state index contributed by atoms with van der Waals surface area (Å²) in [5, 5.41) is 8.56. The van der Waals surface area contributed by atoms with Crippen molar-refractivity contribution >= 4 is 5.97 Å². The standard InChI is InChI=1S/C9H9F3N2O4/c10-9(11,12)18-7-2-6(15)4(1-8(16)17)5(3-13)14-7/h2H,1,3,13H2,(H,14,15)(H,16,17). The van der Waals surface area contributed by atoms with Gasteiger partial charge in [0.25, 0.3) is 0 Å². The van der Waals surface area contributed by atoms with Gasteiger partial charge in [0.05, 0.1) is 6.42 Å². The summed E-state index contributed by atoms with van der Waals surface area (Å²) in [6.07, 6.45) is -5.59. The number of nitrogens with two attached hydrogens (primary N) is 1. The first-order valence-electron chi connectivity index (χ1n) is 4.65. The maximum Gasteiger partial charge on any atom is 0.574 e. The van der Waals surface area contributed by atoms with Gasteiger partial charge in [0.2, 0.25) is 5.88 Å². The first-order chi connectivity index (χ1) is 8.23. The molecule has 1 rings (SSSR count). The molecule has 0 unspecified atom stereocenters. The third kappa shape index (κ3) is 3.77. The van der Waals surface area contributed by atoms with E-state index in [0.717, 1.165) is 0 Å². The number of carboxylic acid groups (broad SMARTS) is 1. The van der Waals surface area contributed by atoms with Crippen LogP contribution in [0.1, 0.15) is 11.3 Å². The van der Waals surface area contributed by atoms with Crippen LogP contribution in [0, 0.1) is 0 Å². The topological polar surface area (TPSA) is 105 Å². The Morgan fingerprint density at radius 1 is 1.50 bits per heavy atom. The smallest absolute Gasteiger partial charge is 0.481 e. The number of nitrogens with one attached hydrogen (secondary N) is 1. The summed E-state index contributed by atoms with van der Waals surface area (Å²) < 4.78 is 39.4. The van der Waals surface area contributed by atoms with Gasteiger partial charge < -0.3 is 20.6 Å². The van der Waals surface area contributed by atoms with Gasteiger partial charge in [0.1, 0.15) is 0 Å². The molecule has 0 aliphatic heterocycles. The van der Waals surface area contributed by atoms with Crippen molar-refractivity contribution in [2.24, 2.45) is 5.73 Å². The molecule has 0 saturated carbocycles. The van der Waals surface area contributed by atoms with E-state index < -0.39 is 30.1 Å². The van der Waals surface area contributed by atoms with Gasteiger partial charge >= 0.3 is 12.3 Å². The molecule has 0 amide bonds. The molecule has 0 spiro atoms. The summed E-state index contributed by atoms with van der Waals surface area (Å²) in [5.74, 6) is -2.12. The van der Waals surface area contributed by atoms with Crippen LogP contribution < -0.4 is 15.9 Å². The number of alkyl halides is 3. The van der Waals surface area contributed by atoms with E-state index in [9.17, 15) is 22.8 Å². The number of H-pyrrole nitrogens is 1. The van der Waals surface area contributed by atoms with E-state index >= 15 is 0 Å². The van der Waals surface area contributed by atoms with Crippen molar-refractivity contribution in [3.05, 3.63) is 27.5 Å². The Morgan fingerprint density at radius 2 is 2.11 bits per heavy atom. The van der Waals surface area contributed by atoms with Crippen molar-refractivity contribution in [2.45, 2.75) is 19.3 Å². The summed E-state index contributed by atoms with van der Waals surface area (Å²) in [6, 6.07) is 0.533. The fourth-order valence-electron chi connectivity index (χ4n) is 1.31. The van der Waals surface area contributed by atoms with Crippen molar-refractivity contribution in [2.75, 3.05) is 0 Å². The van der Waals surface area contributed by atoms with Crippen LogP contribution in [0.5, 0.6) is 5.88 Å². The molecule has 6 nitrogen and oxygen atoms in total. The molecule has 100 valence electrons. The third-order valence-corrected chi connectivity index (χ3v) is 1.96. The highest BCUT2D eigenvalue weighted by molar-refractivity contribution is 5.70. The van der Waals surface area contributed by atoms with Crippen molar-refractivity contribution in [3.63, 3.8) is 0 Å². The first-order valence-corrected chi connectivity index (χ1v) is 4.65. The molecule has 1 heterocycles. The average molecular weight is 266 g/mol. The Kier molecular flexibility index (Phi) is 3.96. The zero-order chi connectivity index (χ0) is 13.9. The van der Waals surface area contributed by atoms with Crippen molar-refractivity contribution < 1.29 is 27.8 Å². The Bertz CT molecular complexity index is 510. The van der Waals surface area contributed by atoms with E-state index in [1.165, 1.54) is 0 Å². The van der Waals surface area contributed by atoms with Gasteiger partial charge in [-0.1, -0.05) is 0 Å². The Hall–Kier alpha value is -2.03. The number of carboxylic acids is 1. The molecule has 0 radical (unpaired) electrons.